The van der Waals surface area contributed by atoms with Crippen molar-refractivity contribution >= 4 is 29.2 Å². The Kier molecular flexibility index (Phi) is 7.25. The average molecular weight is 427 g/mol. The summed E-state index contributed by atoms with van der Waals surface area (Å²) in [5, 5.41) is 0. The van der Waals surface area contributed by atoms with E-state index in [1.54, 1.807) is 0 Å². The van der Waals surface area contributed by atoms with Crippen molar-refractivity contribution in [2.75, 3.05) is 57.3 Å². The molecule has 0 radical (unpaired) electrons. The van der Waals surface area contributed by atoms with Gasteiger partial charge in [-0.25, -0.2) is 4.98 Å². The van der Waals surface area contributed by atoms with Crippen molar-refractivity contribution in [3.63, 3.8) is 0 Å². The number of anilines is 2. The van der Waals surface area contributed by atoms with Crippen LogP contribution >= 0.6 is 11.8 Å². The highest BCUT2D eigenvalue weighted by molar-refractivity contribution is 7.99. The van der Waals surface area contributed by atoms with Crippen LogP contribution in [-0.4, -0.2) is 73.2 Å². The Morgan fingerprint density at radius 1 is 0.967 bits per heavy atom. The first-order valence-electron chi connectivity index (χ1n) is 10.8. The number of aromatic nitrogens is 1. The Morgan fingerprint density at radius 3 is 2.43 bits per heavy atom. The lowest BCUT2D eigenvalue weighted by Gasteiger charge is -2.36. The number of pyridine rings is 1. The maximum Gasteiger partial charge on any atom is 0.302 e. The lowest BCUT2D eigenvalue weighted by atomic mass is 10.2. The molecule has 0 N–H and O–H groups in total. The van der Waals surface area contributed by atoms with Gasteiger partial charge < -0.3 is 19.4 Å². The minimum absolute atomic E-state index is 0.187. The maximum atomic E-state index is 10.8. The zero-order valence-electron chi connectivity index (χ0n) is 17.6. The quantitative estimate of drug-likeness (QED) is 0.472. The molecule has 4 rings (SSSR count). The average Bonchev–Trinajstić information content (AvgIpc) is 2.77. The Bertz CT molecular complexity index is 809. The van der Waals surface area contributed by atoms with Crippen LogP contribution in [0.5, 0.6) is 0 Å². The first-order chi connectivity index (χ1) is 14.7. The van der Waals surface area contributed by atoms with Gasteiger partial charge >= 0.3 is 5.97 Å². The molecule has 0 saturated carbocycles. The Balaban J connectivity index is 1.24. The fourth-order valence-electron chi connectivity index (χ4n) is 4.08. The number of carbonyl (C=O) groups excluding carboxylic acids is 1. The number of benzene rings is 1. The summed E-state index contributed by atoms with van der Waals surface area (Å²) in [6.45, 7) is 9.48. The molecule has 0 bridgehead atoms. The van der Waals surface area contributed by atoms with Gasteiger partial charge in [-0.2, -0.15) is 0 Å². The van der Waals surface area contributed by atoms with Crippen LogP contribution in [0, 0.1) is 0 Å². The molecule has 1 aromatic carbocycles. The van der Waals surface area contributed by atoms with Crippen molar-refractivity contribution in [1.29, 1.82) is 0 Å². The summed E-state index contributed by atoms with van der Waals surface area (Å²) in [5.74, 6) is 0.895. The predicted molar refractivity (Wildman–Crippen MR) is 121 cm³/mol. The molecule has 2 aliphatic rings. The Morgan fingerprint density at radius 2 is 1.67 bits per heavy atom. The molecular formula is C23H30N4O2S. The van der Waals surface area contributed by atoms with E-state index >= 15 is 0 Å². The van der Waals surface area contributed by atoms with Crippen molar-refractivity contribution in [1.82, 2.24) is 14.8 Å². The van der Waals surface area contributed by atoms with E-state index in [1.165, 1.54) is 22.4 Å². The van der Waals surface area contributed by atoms with Crippen LogP contribution in [0.2, 0.25) is 0 Å². The molecule has 1 fully saturated rings. The van der Waals surface area contributed by atoms with Gasteiger partial charge in [0.05, 0.1) is 17.2 Å². The summed E-state index contributed by atoms with van der Waals surface area (Å²) < 4.78 is 5.03. The van der Waals surface area contributed by atoms with Crippen LogP contribution < -0.4 is 4.90 Å². The molecule has 0 amide bonds. The number of hydrogen-bond donors (Lipinski definition) is 0. The highest BCUT2D eigenvalue weighted by atomic mass is 32.2. The molecule has 30 heavy (non-hydrogen) atoms. The number of piperazine rings is 1. The van der Waals surface area contributed by atoms with Crippen LogP contribution in [0.25, 0.3) is 0 Å². The molecule has 6 nitrogen and oxygen atoms in total. The second kappa shape index (κ2) is 10.3. The number of para-hydroxylation sites is 1. The van der Waals surface area contributed by atoms with Gasteiger partial charge in [0.15, 0.2) is 0 Å². The lowest BCUT2D eigenvalue weighted by molar-refractivity contribution is -0.141. The molecule has 0 spiro atoms. The van der Waals surface area contributed by atoms with Crippen LogP contribution in [0.15, 0.2) is 52.4 Å². The topological polar surface area (TPSA) is 48.9 Å². The molecule has 2 aliphatic heterocycles. The van der Waals surface area contributed by atoms with Gasteiger partial charge in [0.25, 0.3) is 0 Å². The summed E-state index contributed by atoms with van der Waals surface area (Å²) in [4.78, 5) is 25.5. The van der Waals surface area contributed by atoms with Gasteiger partial charge in [0.1, 0.15) is 5.82 Å². The first kappa shape index (κ1) is 21.2. The molecule has 160 valence electrons. The smallest absolute Gasteiger partial charge is 0.302 e. The molecule has 2 aromatic rings. The third-order valence-electron chi connectivity index (χ3n) is 5.63. The molecular weight excluding hydrogens is 396 g/mol. The summed E-state index contributed by atoms with van der Waals surface area (Å²) >= 11 is 1.81. The molecule has 7 heteroatoms. The fourth-order valence-corrected chi connectivity index (χ4v) is 5.15. The molecule has 1 aromatic heterocycles. The van der Waals surface area contributed by atoms with Crippen LogP contribution in [0.3, 0.4) is 0 Å². The third kappa shape index (κ3) is 5.33. The second-order valence-corrected chi connectivity index (χ2v) is 8.86. The monoisotopic (exact) mass is 426 g/mol. The van der Waals surface area contributed by atoms with Crippen molar-refractivity contribution in [3.8, 4) is 0 Å². The predicted octanol–water partition coefficient (Wildman–Crippen LogP) is 3.65. The molecule has 0 aliphatic carbocycles. The number of esters is 1. The van der Waals surface area contributed by atoms with Gasteiger partial charge in [0.2, 0.25) is 0 Å². The Hall–Kier alpha value is -2.09. The van der Waals surface area contributed by atoms with Crippen LogP contribution in [-0.2, 0) is 9.53 Å². The van der Waals surface area contributed by atoms with E-state index in [9.17, 15) is 4.79 Å². The minimum atomic E-state index is -0.187. The molecule has 3 heterocycles. The van der Waals surface area contributed by atoms with E-state index in [2.05, 4.69) is 50.0 Å². The second-order valence-electron chi connectivity index (χ2n) is 7.78. The van der Waals surface area contributed by atoms with Gasteiger partial charge in [-0.15, -0.1) is 0 Å². The number of fused-ring (bicyclic) bond motifs is 2. The first-order valence-corrected chi connectivity index (χ1v) is 11.6. The third-order valence-corrected chi connectivity index (χ3v) is 6.73. The normalized spacial score (nSPS) is 16.8. The van der Waals surface area contributed by atoms with Crippen LogP contribution in [0.1, 0.15) is 19.8 Å². The zero-order valence-corrected chi connectivity index (χ0v) is 18.4. The molecule has 0 atom stereocenters. The van der Waals surface area contributed by atoms with Crippen molar-refractivity contribution < 1.29 is 9.53 Å². The van der Waals surface area contributed by atoms with Crippen molar-refractivity contribution in [2.45, 2.75) is 29.6 Å². The summed E-state index contributed by atoms with van der Waals surface area (Å²) in [5.41, 5.74) is 1.27. The molecule has 0 unspecified atom stereocenters. The number of carbonyl (C=O) groups is 1. The standard InChI is InChI=1S/C23H30N4O2S/c1-19(28)29-18-6-12-26-16-14-25(15-17-26)11-5-13-27-20-7-2-3-8-21(20)30-22-9-4-10-24-23(22)27/h2-4,7-10H,5-6,11-18H2,1H3. The molecule has 1 saturated heterocycles. The zero-order chi connectivity index (χ0) is 20.8. The summed E-state index contributed by atoms with van der Waals surface area (Å²) in [6.07, 6.45) is 3.92. The highest BCUT2D eigenvalue weighted by Crippen LogP contribution is 2.46. The van der Waals surface area contributed by atoms with Gasteiger partial charge in [0, 0.05) is 57.3 Å². The maximum absolute atomic E-state index is 10.8. The number of hydrogen-bond acceptors (Lipinski definition) is 7. The van der Waals surface area contributed by atoms with E-state index in [1.807, 2.05) is 24.0 Å². The van der Waals surface area contributed by atoms with Crippen molar-refractivity contribution in [3.05, 3.63) is 42.6 Å². The van der Waals surface area contributed by atoms with Gasteiger partial charge in [-0.3, -0.25) is 4.79 Å². The largest absolute Gasteiger partial charge is 0.466 e. The van der Waals surface area contributed by atoms with Crippen LogP contribution in [0.4, 0.5) is 11.5 Å². The highest BCUT2D eigenvalue weighted by Gasteiger charge is 2.24. The number of ether oxygens (including phenoxy) is 1. The van der Waals surface area contributed by atoms with E-state index in [-0.39, 0.29) is 5.97 Å². The van der Waals surface area contributed by atoms with Gasteiger partial charge in [-0.05, 0) is 43.7 Å². The van der Waals surface area contributed by atoms with E-state index < -0.39 is 0 Å². The van der Waals surface area contributed by atoms with E-state index in [0.29, 0.717) is 6.61 Å². The van der Waals surface area contributed by atoms with E-state index in [4.69, 9.17) is 4.74 Å². The number of nitrogens with zero attached hydrogens (tertiary/aromatic N) is 4. The fraction of sp³-hybridized carbons (Fsp3) is 0.478. The summed E-state index contributed by atoms with van der Waals surface area (Å²) in [7, 11) is 0. The van der Waals surface area contributed by atoms with E-state index in [0.717, 1.165) is 64.5 Å². The lowest BCUT2D eigenvalue weighted by Crippen LogP contribution is -2.47. The summed E-state index contributed by atoms with van der Waals surface area (Å²) in [6, 6.07) is 12.8. The van der Waals surface area contributed by atoms with Crippen molar-refractivity contribution in [2.24, 2.45) is 0 Å². The van der Waals surface area contributed by atoms with Gasteiger partial charge in [-0.1, -0.05) is 23.9 Å². The minimum Gasteiger partial charge on any atom is -0.466 e. The number of rotatable bonds is 8. The SMILES string of the molecule is CC(=O)OCCCN1CCN(CCCN2c3ccccc3Sc3cccnc32)CC1. The Labute approximate surface area is 183 Å².